The first-order valence-electron chi connectivity index (χ1n) is 5.57. The van der Waals surface area contributed by atoms with Crippen molar-refractivity contribution in [2.75, 3.05) is 13.6 Å². The molecule has 1 aromatic carbocycles. The zero-order valence-corrected chi connectivity index (χ0v) is 9.68. The maximum absolute atomic E-state index is 9.66. The fourth-order valence-corrected chi connectivity index (χ4v) is 1.54. The van der Waals surface area contributed by atoms with Crippen molar-refractivity contribution in [3.05, 3.63) is 30.2 Å². The predicted octanol–water partition coefficient (Wildman–Crippen LogP) is 1.59. The minimum absolute atomic E-state index is 0.162. The molecule has 0 aliphatic carbocycles. The monoisotopic (exact) mass is 233 g/mol. The van der Waals surface area contributed by atoms with Gasteiger partial charge in [0.15, 0.2) is 0 Å². The van der Waals surface area contributed by atoms with Crippen LogP contribution in [0.2, 0.25) is 0 Å². The van der Waals surface area contributed by atoms with Crippen LogP contribution >= 0.6 is 0 Å². The number of aromatic hydroxyl groups is 1. The standard InChI is InChI=1S/C12H15N3O2/c1-13-8-4-7-11-14-12(15-17-11)9-5-2-3-6-10(9)16/h2-3,5-6,13,16H,4,7-8H2,1H3. The van der Waals surface area contributed by atoms with Gasteiger partial charge in [0.25, 0.3) is 0 Å². The molecule has 0 fully saturated rings. The second kappa shape index (κ2) is 5.45. The number of nitrogens with zero attached hydrogens (tertiary/aromatic N) is 2. The normalized spacial score (nSPS) is 10.6. The van der Waals surface area contributed by atoms with Gasteiger partial charge in [-0.2, -0.15) is 4.98 Å². The zero-order chi connectivity index (χ0) is 12.1. The molecule has 90 valence electrons. The number of rotatable bonds is 5. The minimum Gasteiger partial charge on any atom is -0.507 e. The van der Waals surface area contributed by atoms with Gasteiger partial charge in [0.2, 0.25) is 11.7 Å². The van der Waals surface area contributed by atoms with E-state index in [9.17, 15) is 5.11 Å². The summed E-state index contributed by atoms with van der Waals surface area (Å²) in [5, 5.41) is 16.6. The number of phenols is 1. The molecule has 17 heavy (non-hydrogen) atoms. The van der Waals surface area contributed by atoms with Crippen molar-refractivity contribution in [2.24, 2.45) is 0 Å². The zero-order valence-electron chi connectivity index (χ0n) is 9.68. The third-order valence-electron chi connectivity index (χ3n) is 2.43. The molecule has 2 aromatic rings. The van der Waals surface area contributed by atoms with Gasteiger partial charge in [-0.05, 0) is 32.1 Å². The van der Waals surface area contributed by atoms with Gasteiger partial charge in [0, 0.05) is 6.42 Å². The van der Waals surface area contributed by atoms with E-state index in [1.807, 2.05) is 13.1 Å². The van der Waals surface area contributed by atoms with E-state index >= 15 is 0 Å². The lowest BCUT2D eigenvalue weighted by Crippen LogP contribution is -2.08. The Balaban J connectivity index is 2.10. The highest BCUT2D eigenvalue weighted by atomic mass is 16.5. The van der Waals surface area contributed by atoms with Crippen LogP contribution in [0.5, 0.6) is 5.75 Å². The predicted molar refractivity (Wildman–Crippen MR) is 63.6 cm³/mol. The molecule has 0 aliphatic rings. The third kappa shape index (κ3) is 2.82. The van der Waals surface area contributed by atoms with E-state index in [4.69, 9.17) is 4.52 Å². The molecule has 1 aromatic heterocycles. The lowest BCUT2D eigenvalue weighted by Gasteiger charge is -1.96. The molecule has 5 heteroatoms. The first kappa shape index (κ1) is 11.6. The summed E-state index contributed by atoms with van der Waals surface area (Å²) in [4.78, 5) is 4.25. The fourth-order valence-electron chi connectivity index (χ4n) is 1.54. The Hall–Kier alpha value is -1.88. The average molecular weight is 233 g/mol. The van der Waals surface area contributed by atoms with E-state index in [0.717, 1.165) is 19.4 Å². The molecule has 2 rings (SSSR count). The summed E-state index contributed by atoms with van der Waals surface area (Å²) >= 11 is 0. The van der Waals surface area contributed by atoms with Crippen LogP contribution < -0.4 is 5.32 Å². The number of nitrogens with one attached hydrogen (secondary N) is 1. The molecule has 0 saturated carbocycles. The second-order valence-corrected chi connectivity index (χ2v) is 3.74. The fraction of sp³-hybridized carbons (Fsp3) is 0.333. The van der Waals surface area contributed by atoms with Crippen LogP contribution in [-0.2, 0) is 6.42 Å². The number of aryl methyl sites for hydroxylation is 1. The summed E-state index contributed by atoms with van der Waals surface area (Å²) in [7, 11) is 1.90. The highest BCUT2D eigenvalue weighted by molar-refractivity contribution is 5.62. The molecule has 0 aliphatic heterocycles. The van der Waals surface area contributed by atoms with Crippen LogP contribution in [0.1, 0.15) is 12.3 Å². The lowest BCUT2D eigenvalue weighted by atomic mass is 10.2. The molecule has 0 radical (unpaired) electrons. The smallest absolute Gasteiger partial charge is 0.227 e. The third-order valence-corrected chi connectivity index (χ3v) is 2.43. The first-order valence-corrected chi connectivity index (χ1v) is 5.57. The Labute approximate surface area is 99.5 Å². The van der Waals surface area contributed by atoms with Gasteiger partial charge in [-0.25, -0.2) is 0 Å². The van der Waals surface area contributed by atoms with Crippen molar-refractivity contribution in [3.8, 4) is 17.1 Å². The Morgan fingerprint density at radius 3 is 2.94 bits per heavy atom. The number of para-hydroxylation sites is 1. The summed E-state index contributed by atoms with van der Waals surface area (Å²) in [5.41, 5.74) is 0.594. The largest absolute Gasteiger partial charge is 0.507 e. The van der Waals surface area contributed by atoms with Crippen LogP contribution in [0, 0.1) is 0 Å². The molecular weight excluding hydrogens is 218 g/mol. The molecule has 0 amide bonds. The van der Waals surface area contributed by atoms with Crippen molar-refractivity contribution >= 4 is 0 Å². The van der Waals surface area contributed by atoms with Gasteiger partial charge in [-0.1, -0.05) is 17.3 Å². The maximum atomic E-state index is 9.66. The summed E-state index contributed by atoms with van der Waals surface area (Å²) < 4.78 is 5.12. The van der Waals surface area contributed by atoms with Crippen LogP contribution in [-0.4, -0.2) is 28.8 Å². The van der Waals surface area contributed by atoms with E-state index in [2.05, 4.69) is 15.5 Å². The maximum Gasteiger partial charge on any atom is 0.227 e. The van der Waals surface area contributed by atoms with E-state index < -0.39 is 0 Å². The molecule has 0 saturated heterocycles. The van der Waals surface area contributed by atoms with Gasteiger partial charge in [-0.3, -0.25) is 0 Å². The molecule has 0 unspecified atom stereocenters. The van der Waals surface area contributed by atoms with E-state index in [-0.39, 0.29) is 5.75 Å². The summed E-state index contributed by atoms with van der Waals surface area (Å²) in [6.45, 7) is 0.911. The molecule has 0 spiro atoms. The van der Waals surface area contributed by atoms with Crippen molar-refractivity contribution in [2.45, 2.75) is 12.8 Å². The molecule has 0 atom stereocenters. The average Bonchev–Trinajstić information content (AvgIpc) is 2.79. The van der Waals surface area contributed by atoms with Crippen molar-refractivity contribution in [1.29, 1.82) is 0 Å². The van der Waals surface area contributed by atoms with Crippen LogP contribution in [0.4, 0.5) is 0 Å². The molecule has 2 N–H and O–H groups in total. The lowest BCUT2D eigenvalue weighted by molar-refractivity contribution is 0.375. The Morgan fingerprint density at radius 2 is 2.18 bits per heavy atom. The summed E-state index contributed by atoms with van der Waals surface area (Å²) in [6, 6.07) is 6.95. The van der Waals surface area contributed by atoms with Crippen molar-refractivity contribution < 1.29 is 9.63 Å². The highest BCUT2D eigenvalue weighted by Gasteiger charge is 2.11. The minimum atomic E-state index is 0.162. The number of phenolic OH excluding ortho intramolecular Hbond substituents is 1. The first-order chi connectivity index (χ1) is 8.31. The highest BCUT2D eigenvalue weighted by Crippen LogP contribution is 2.25. The van der Waals surface area contributed by atoms with Gasteiger partial charge in [0.05, 0.1) is 5.56 Å². The number of aromatic nitrogens is 2. The second-order valence-electron chi connectivity index (χ2n) is 3.74. The molecular formula is C12H15N3O2. The van der Waals surface area contributed by atoms with Crippen molar-refractivity contribution in [3.63, 3.8) is 0 Å². The van der Waals surface area contributed by atoms with E-state index in [0.29, 0.717) is 17.3 Å². The van der Waals surface area contributed by atoms with Crippen molar-refractivity contribution in [1.82, 2.24) is 15.5 Å². The van der Waals surface area contributed by atoms with Crippen LogP contribution in [0.25, 0.3) is 11.4 Å². The van der Waals surface area contributed by atoms with Crippen LogP contribution in [0.3, 0.4) is 0 Å². The Kier molecular flexibility index (Phi) is 3.72. The van der Waals surface area contributed by atoms with E-state index in [1.54, 1.807) is 18.2 Å². The molecule has 0 bridgehead atoms. The van der Waals surface area contributed by atoms with Crippen LogP contribution in [0.15, 0.2) is 28.8 Å². The quantitative estimate of drug-likeness (QED) is 0.767. The molecule has 1 heterocycles. The Bertz CT molecular complexity index is 482. The van der Waals surface area contributed by atoms with E-state index in [1.165, 1.54) is 0 Å². The number of benzene rings is 1. The van der Waals surface area contributed by atoms with Gasteiger partial charge in [-0.15, -0.1) is 0 Å². The topological polar surface area (TPSA) is 71.2 Å². The van der Waals surface area contributed by atoms with Gasteiger partial charge < -0.3 is 14.9 Å². The Morgan fingerprint density at radius 1 is 1.35 bits per heavy atom. The van der Waals surface area contributed by atoms with Gasteiger partial charge >= 0.3 is 0 Å². The molecule has 5 nitrogen and oxygen atoms in total. The summed E-state index contributed by atoms with van der Waals surface area (Å²) in [6.07, 6.45) is 1.68. The SMILES string of the molecule is CNCCCc1nc(-c2ccccc2O)no1. The summed E-state index contributed by atoms with van der Waals surface area (Å²) in [5.74, 6) is 1.19. The van der Waals surface area contributed by atoms with Gasteiger partial charge in [0.1, 0.15) is 5.75 Å². The number of hydrogen-bond donors (Lipinski definition) is 2. The number of hydrogen-bond acceptors (Lipinski definition) is 5.